The van der Waals surface area contributed by atoms with Crippen LogP contribution in [-0.2, 0) is 13.2 Å². The molecule has 0 spiro atoms. The molecular formula is C22H23N3O4. The van der Waals surface area contributed by atoms with E-state index in [9.17, 15) is 9.59 Å². The summed E-state index contributed by atoms with van der Waals surface area (Å²) in [5, 5.41) is 9.35. The van der Waals surface area contributed by atoms with Crippen molar-refractivity contribution in [1.29, 1.82) is 0 Å². The standard InChI is InChI=1S/C22H23N3O4/c1-14-20(15(2)29-25-14)13-28-19-9-5-8-18(11-19)22(27)24-12-16-6-4-7-17(10-16)21(26)23-3/h4-11H,12-13H2,1-3H3,(H,23,26)(H,24,27). The zero-order chi connectivity index (χ0) is 20.8. The summed E-state index contributed by atoms with van der Waals surface area (Å²) in [5.74, 6) is 0.911. The normalized spacial score (nSPS) is 10.4. The van der Waals surface area contributed by atoms with Crippen LogP contribution in [0.4, 0.5) is 0 Å². The van der Waals surface area contributed by atoms with Gasteiger partial charge in [0.15, 0.2) is 0 Å². The first-order valence-corrected chi connectivity index (χ1v) is 9.21. The van der Waals surface area contributed by atoms with Gasteiger partial charge in [-0.15, -0.1) is 0 Å². The minimum Gasteiger partial charge on any atom is -0.489 e. The summed E-state index contributed by atoms with van der Waals surface area (Å²) in [7, 11) is 1.58. The van der Waals surface area contributed by atoms with Gasteiger partial charge < -0.3 is 19.9 Å². The molecule has 29 heavy (non-hydrogen) atoms. The molecule has 0 bridgehead atoms. The summed E-state index contributed by atoms with van der Waals surface area (Å²) < 4.78 is 10.9. The quantitative estimate of drug-likeness (QED) is 0.643. The largest absolute Gasteiger partial charge is 0.489 e. The first-order chi connectivity index (χ1) is 14.0. The number of hydrogen-bond donors (Lipinski definition) is 2. The molecule has 3 rings (SSSR count). The predicted molar refractivity (Wildman–Crippen MR) is 108 cm³/mol. The molecule has 7 heteroatoms. The van der Waals surface area contributed by atoms with Crippen molar-refractivity contribution in [1.82, 2.24) is 15.8 Å². The summed E-state index contributed by atoms with van der Waals surface area (Å²) in [6.45, 7) is 4.33. The van der Waals surface area contributed by atoms with E-state index in [1.165, 1.54) is 0 Å². The van der Waals surface area contributed by atoms with Crippen LogP contribution in [0.1, 0.15) is 43.3 Å². The Bertz CT molecular complexity index is 1010. The highest BCUT2D eigenvalue weighted by atomic mass is 16.5. The molecule has 0 fully saturated rings. The Morgan fingerprint density at radius 1 is 1.03 bits per heavy atom. The average molecular weight is 393 g/mol. The zero-order valence-corrected chi connectivity index (χ0v) is 16.6. The lowest BCUT2D eigenvalue weighted by Gasteiger charge is -2.09. The Kier molecular flexibility index (Phi) is 6.29. The lowest BCUT2D eigenvalue weighted by Crippen LogP contribution is -2.23. The van der Waals surface area contributed by atoms with Gasteiger partial charge in [-0.25, -0.2) is 0 Å². The van der Waals surface area contributed by atoms with E-state index in [0.29, 0.717) is 30.0 Å². The van der Waals surface area contributed by atoms with E-state index in [2.05, 4.69) is 15.8 Å². The molecule has 1 heterocycles. The average Bonchev–Trinajstić information content (AvgIpc) is 3.07. The monoisotopic (exact) mass is 393 g/mol. The van der Waals surface area contributed by atoms with E-state index >= 15 is 0 Å². The second-order valence-electron chi connectivity index (χ2n) is 6.58. The molecule has 2 N–H and O–H groups in total. The lowest BCUT2D eigenvalue weighted by molar-refractivity contribution is 0.0948. The highest BCUT2D eigenvalue weighted by Gasteiger charge is 2.11. The molecule has 0 unspecified atom stereocenters. The van der Waals surface area contributed by atoms with Crippen LogP contribution in [-0.4, -0.2) is 24.0 Å². The van der Waals surface area contributed by atoms with E-state index < -0.39 is 0 Å². The highest BCUT2D eigenvalue weighted by molar-refractivity contribution is 5.95. The third kappa shape index (κ3) is 5.01. The number of amides is 2. The van der Waals surface area contributed by atoms with Gasteiger partial charge in [-0.2, -0.15) is 0 Å². The van der Waals surface area contributed by atoms with Crippen molar-refractivity contribution >= 4 is 11.8 Å². The molecule has 3 aromatic rings. The van der Waals surface area contributed by atoms with Gasteiger partial charge in [0.1, 0.15) is 18.1 Å². The Balaban J connectivity index is 1.61. The maximum absolute atomic E-state index is 12.5. The van der Waals surface area contributed by atoms with Crippen LogP contribution >= 0.6 is 0 Å². The molecule has 0 atom stereocenters. The Morgan fingerprint density at radius 3 is 2.45 bits per heavy atom. The topological polar surface area (TPSA) is 93.5 Å². The van der Waals surface area contributed by atoms with Crippen molar-refractivity contribution < 1.29 is 18.8 Å². The van der Waals surface area contributed by atoms with Crippen molar-refractivity contribution in [3.63, 3.8) is 0 Å². The summed E-state index contributed by atoms with van der Waals surface area (Å²) in [4.78, 5) is 24.2. The molecular weight excluding hydrogens is 370 g/mol. The first-order valence-electron chi connectivity index (χ1n) is 9.21. The highest BCUT2D eigenvalue weighted by Crippen LogP contribution is 2.18. The van der Waals surface area contributed by atoms with E-state index in [0.717, 1.165) is 22.6 Å². The molecule has 150 valence electrons. The number of nitrogens with zero attached hydrogens (tertiary/aromatic N) is 1. The Hall–Kier alpha value is -3.61. The third-order valence-corrected chi connectivity index (χ3v) is 4.53. The van der Waals surface area contributed by atoms with Crippen molar-refractivity contribution in [3.05, 3.63) is 82.2 Å². The fourth-order valence-corrected chi connectivity index (χ4v) is 2.84. The van der Waals surface area contributed by atoms with Gasteiger partial charge in [-0.3, -0.25) is 9.59 Å². The molecule has 0 aliphatic carbocycles. The zero-order valence-electron chi connectivity index (χ0n) is 16.6. The summed E-state index contributed by atoms with van der Waals surface area (Å²) >= 11 is 0. The number of aryl methyl sites for hydroxylation is 2. The molecule has 0 aliphatic heterocycles. The van der Waals surface area contributed by atoms with Crippen LogP contribution in [0.2, 0.25) is 0 Å². The first kappa shape index (κ1) is 20.1. The van der Waals surface area contributed by atoms with E-state index in [4.69, 9.17) is 9.26 Å². The van der Waals surface area contributed by atoms with Crippen LogP contribution in [0.15, 0.2) is 53.1 Å². The number of ether oxygens (including phenoxy) is 1. The smallest absolute Gasteiger partial charge is 0.251 e. The Labute approximate surface area is 169 Å². The van der Waals surface area contributed by atoms with Crippen molar-refractivity contribution in [2.45, 2.75) is 27.0 Å². The summed E-state index contributed by atoms with van der Waals surface area (Å²) in [6, 6.07) is 14.1. The van der Waals surface area contributed by atoms with Gasteiger partial charge >= 0.3 is 0 Å². The van der Waals surface area contributed by atoms with Crippen LogP contribution < -0.4 is 15.4 Å². The fraction of sp³-hybridized carbons (Fsp3) is 0.227. The van der Waals surface area contributed by atoms with Crippen LogP contribution in [0, 0.1) is 13.8 Å². The maximum atomic E-state index is 12.5. The van der Waals surface area contributed by atoms with E-state index in [1.807, 2.05) is 19.9 Å². The van der Waals surface area contributed by atoms with Crippen LogP contribution in [0.3, 0.4) is 0 Å². The van der Waals surface area contributed by atoms with E-state index in [1.54, 1.807) is 49.5 Å². The van der Waals surface area contributed by atoms with Crippen molar-refractivity contribution in [2.24, 2.45) is 0 Å². The van der Waals surface area contributed by atoms with E-state index in [-0.39, 0.29) is 11.8 Å². The second-order valence-corrected chi connectivity index (χ2v) is 6.58. The molecule has 2 amide bonds. The van der Waals surface area contributed by atoms with Gasteiger partial charge in [0.2, 0.25) is 0 Å². The number of nitrogens with one attached hydrogen (secondary N) is 2. The van der Waals surface area contributed by atoms with Gasteiger partial charge in [0, 0.05) is 24.7 Å². The summed E-state index contributed by atoms with van der Waals surface area (Å²) in [5.41, 5.74) is 3.56. The molecule has 0 saturated heterocycles. The number of benzene rings is 2. The second kappa shape index (κ2) is 9.05. The molecule has 0 saturated carbocycles. The van der Waals surface area contributed by atoms with Gasteiger partial charge in [0.05, 0.1) is 11.3 Å². The minimum absolute atomic E-state index is 0.165. The number of hydrogen-bond acceptors (Lipinski definition) is 5. The molecule has 7 nitrogen and oxygen atoms in total. The maximum Gasteiger partial charge on any atom is 0.251 e. The van der Waals surface area contributed by atoms with Crippen LogP contribution in [0.5, 0.6) is 5.75 Å². The number of carbonyl (C=O) groups excluding carboxylic acids is 2. The molecule has 1 aromatic heterocycles. The van der Waals surface area contributed by atoms with Gasteiger partial charge in [0.25, 0.3) is 11.8 Å². The molecule has 0 aliphatic rings. The molecule has 0 radical (unpaired) electrons. The van der Waals surface area contributed by atoms with Crippen molar-refractivity contribution in [3.8, 4) is 5.75 Å². The predicted octanol–water partition coefficient (Wildman–Crippen LogP) is 3.16. The van der Waals surface area contributed by atoms with Crippen molar-refractivity contribution in [2.75, 3.05) is 7.05 Å². The third-order valence-electron chi connectivity index (χ3n) is 4.53. The SMILES string of the molecule is CNC(=O)c1cccc(CNC(=O)c2cccc(OCc3c(C)noc3C)c2)c1. The lowest BCUT2D eigenvalue weighted by atomic mass is 10.1. The number of aromatic nitrogens is 1. The molecule has 2 aromatic carbocycles. The number of rotatable bonds is 7. The number of carbonyl (C=O) groups is 2. The van der Waals surface area contributed by atoms with Gasteiger partial charge in [-0.05, 0) is 49.7 Å². The van der Waals surface area contributed by atoms with Crippen LogP contribution in [0.25, 0.3) is 0 Å². The summed E-state index contributed by atoms with van der Waals surface area (Å²) in [6.07, 6.45) is 0. The van der Waals surface area contributed by atoms with Gasteiger partial charge in [-0.1, -0.05) is 23.4 Å². The minimum atomic E-state index is -0.224. The fourth-order valence-electron chi connectivity index (χ4n) is 2.84. The Morgan fingerprint density at radius 2 is 1.76 bits per heavy atom.